The Balaban J connectivity index is 1.99. The lowest BCUT2D eigenvalue weighted by Gasteiger charge is -2.37. The van der Waals surface area contributed by atoms with E-state index >= 15 is 0 Å². The van der Waals surface area contributed by atoms with Crippen molar-refractivity contribution in [2.24, 2.45) is 5.92 Å². The van der Waals surface area contributed by atoms with Gasteiger partial charge in [0.05, 0.1) is 0 Å². The number of pyridine rings is 1. The molecule has 1 N–H and O–H groups in total. The van der Waals surface area contributed by atoms with Crippen molar-refractivity contribution in [3.63, 3.8) is 0 Å². The topological polar surface area (TPSA) is 24.9 Å². The molecule has 2 unspecified atom stereocenters. The molecule has 14 heavy (non-hydrogen) atoms. The third kappa shape index (κ3) is 1.25. The lowest BCUT2D eigenvalue weighted by Crippen LogP contribution is -2.37. The molecule has 2 nitrogen and oxygen atoms in total. The number of piperidine rings is 1. The second-order valence-electron chi connectivity index (χ2n) is 4.45. The van der Waals surface area contributed by atoms with E-state index in [1.165, 1.54) is 43.4 Å². The van der Waals surface area contributed by atoms with Crippen molar-refractivity contribution in [2.45, 2.75) is 31.7 Å². The van der Waals surface area contributed by atoms with E-state index in [0.29, 0.717) is 6.04 Å². The van der Waals surface area contributed by atoms with E-state index < -0.39 is 0 Å². The molecule has 1 fully saturated rings. The van der Waals surface area contributed by atoms with Crippen LogP contribution < -0.4 is 5.32 Å². The first-order valence-electron chi connectivity index (χ1n) is 5.61. The molecule has 0 aromatic carbocycles. The van der Waals surface area contributed by atoms with E-state index in [2.05, 4.69) is 22.6 Å². The Morgan fingerprint density at radius 3 is 3.36 bits per heavy atom. The average molecular weight is 188 g/mol. The van der Waals surface area contributed by atoms with Gasteiger partial charge in [-0.25, -0.2) is 0 Å². The van der Waals surface area contributed by atoms with Crippen LogP contribution in [0.15, 0.2) is 18.5 Å². The number of aryl methyl sites for hydroxylation is 1. The summed E-state index contributed by atoms with van der Waals surface area (Å²) in [6, 6.07) is 2.78. The highest BCUT2D eigenvalue weighted by Crippen LogP contribution is 2.38. The fourth-order valence-corrected chi connectivity index (χ4v) is 2.91. The molecular weight excluding hydrogens is 172 g/mol. The lowest BCUT2D eigenvalue weighted by atomic mass is 9.76. The molecule has 1 aliphatic heterocycles. The first-order chi connectivity index (χ1) is 6.95. The molecule has 2 aliphatic rings. The van der Waals surface area contributed by atoms with Crippen molar-refractivity contribution in [2.75, 3.05) is 6.54 Å². The SMILES string of the molecule is c1cc2c(cn1)C1NCCCC1CC2. The summed E-state index contributed by atoms with van der Waals surface area (Å²) < 4.78 is 0. The van der Waals surface area contributed by atoms with Gasteiger partial charge >= 0.3 is 0 Å². The Kier molecular flexibility index (Phi) is 2.02. The van der Waals surface area contributed by atoms with Crippen molar-refractivity contribution >= 4 is 0 Å². The monoisotopic (exact) mass is 188 g/mol. The third-order valence-corrected chi connectivity index (χ3v) is 3.65. The summed E-state index contributed by atoms with van der Waals surface area (Å²) in [5, 5.41) is 3.64. The minimum absolute atomic E-state index is 0.598. The van der Waals surface area contributed by atoms with Crippen LogP contribution in [0.3, 0.4) is 0 Å². The number of nitrogens with zero attached hydrogens (tertiary/aromatic N) is 1. The highest BCUT2D eigenvalue weighted by Gasteiger charge is 2.30. The zero-order valence-corrected chi connectivity index (χ0v) is 8.37. The molecule has 1 aliphatic carbocycles. The molecule has 0 radical (unpaired) electrons. The Morgan fingerprint density at radius 1 is 1.36 bits per heavy atom. The van der Waals surface area contributed by atoms with Crippen molar-refractivity contribution in [1.82, 2.24) is 10.3 Å². The summed E-state index contributed by atoms with van der Waals surface area (Å²) in [7, 11) is 0. The zero-order valence-electron chi connectivity index (χ0n) is 8.37. The molecule has 1 saturated heterocycles. The maximum Gasteiger partial charge on any atom is 0.0366 e. The minimum atomic E-state index is 0.598. The van der Waals surface area contributed by atoms with Crippen LogP contribution in [-0.2, 0) is 6.42 Å². The van der Waals surface area contributed by atoms with Gasteiger partial charge in [0.15, 0.2) is 0 Å². The van der Waals surface area contributed by atoms with Gasteiger partial charge in [0.25, 0.3) is 0 Å². The Morgan fingerprint density at radius 2 is 2.36 bits per heavy atom. The largest absolute Gasteiger partial charge is 0.310 e. The summed E-state index contributed by atoms with van der Waals surface area (Å²) in [5.41, 5.74) is 2.97. The molecule has 1 aromatic rings. The minimum Gasteiger partial charge on any atom is -0.310 e. The van der Waals surface area contributed by atoms with Gasteiger partial charge < -0.3 is 5.32 Å². The van der Waals surface area contributed by atoms with E-state index in [0.717, 1.165) is 5.92 Å². The second-order valence-corrected chi connectivity index (χ2v) is 4.45. The van der Waals surface area contributed by atoms with E-state index in [9.17, 15) is 0 Å². The first kappa shape index (κ1) is 8.42. The summed E-state index contributed by atoms with van der Waals surface area (Å²) in [6.45, 7) is 1.18. The number of nitrogens with one attached hydrogen (secondary N) is 1. The Labute approximate surface area is 84.7 Å². The fourth-order valence-electron chi connectivity index (χ4n) is 2.91. The molecule has 0 spiro atoms. The summed E-state index contributed by atoms with van der Waals surface area (Å²) in [6.07, 6.45) is 9.32. The standard InChI is InChI=1S/C12H16N2/c1-2-10-4-3-9-5-7-13-8-11(9)12(10)14-6-1/h5,7-8,10,12,14H,1-4,6H2. The van der Waals surface area contributed by atoms with Gasteiger partial charge in [0.1, 0.15) is 0 Å². The molecule has 74 valence electrons. The molecule has 0 saturated carbocycles. The van der Waals surface area contributed by atoms with E-state index in [4.69, 9.17) is 0 Å². The van der Waals surface area contributed by atoms with Gasteiger partial charge in [-0.2, -0.15) is 0 Å². The first-order valence-corrected chi connectivity index (χ1v) is 5.61. The Bertz CT molecular complexity index is 335. The summed E-state index contributed by atoms with van der Waals surface area (Å²) in [4.78, 5) is 4.25. The van der Waals surface area contributed by atoms with Crippen LogP contribution in [0.4, 0.5) is 0 Å². The molecule has 0 amide bonds. The van der Waals surface area contributed by atoms with Crippen LogP contribution in [0.5, 0.6) is 0 Å². The van der Waals surface area contributed by atoms with Crippen molar-refractivity contribution < 1.29 is 0 Å². The second kappa shape index (κ2) is 3.35. The number of fused-ring (bicyclic) bond motifs is 3. The van der Waals surface area contributed by atoms with Gasteiger partial charge in [-0.15, -0.1) is 0 Å². The predicted octanol–water partition coefficient (Wildman–Crippen LogP) is 2.07. The average Bonchev–Trinajstić information content (AvgIpc) is 2.29. The van der Waals surface area contributed by atoms with Crippen LogP contribution in [0.25, 0.3) is 0 Å². The summed E-state index contributed by atoms with van der Waals surface area (Å²) >= 11 is 0. The molecule has 2 atom stereocenters. The third-order valence-electron chi connectivity index (χ3n) is 3.65. The van der Waals surface area contributed by atoms with Gasteiger partial charge in [-0.05, 0) is 55.3 Å². The van der Waals surface area contributed by atoms with Gasteiger partial charge in [-0.1, -0.05) is 0 Å². The van der Waals surface area contributed by atoms with E-state index in [1.54, 1.807) is 0 Å². The molecule has 0 bridgehead atoms. The van der Waals surface area contributed by atoms with Gasteiger partial charge in [0.2, 0.25) is 0 Å². The van der Waals surface area contributed by atoms with E-state index in [1.807, 2.05) is 6.20 Å². The molecule has 3 rings (SSSR count). The van der Waals surface area contributed by atoms with Crippen LogP contribution in [-0.4, -0.2) is 11.5 Å². The van der Waals surface area contributed by atoms with Crippen LogP contribution in [0, 0.1) is 5.92 Å². The molecular formula is C12H16N2. The highest BCUT2D eigenvalue weighted by molar-refractivity contribution is 5.30. The highest BCUT2D eigenvalue weighted by atomic mass is 14.9. The molecule has 2 heteroatoms. The quantitative estimate of drug-likeness (QED) is 0.674. The number of rotatable bonds is 0. The van der Waals surface area contributed by atoms with Crippen molar-refractivity contribution in [1.29, 1.82) is 0 Å². The zero-order chi connectivity index (χ0) is 9.38. The van der Waals surface area contributed by atoms with Crippen LogP contribution >= 0.6 is 0 Å². The summed E-state index contributed by atoms with van der Waals surface area (Å²) in [5.74, 6) is 0.862. The fraction of sp³-hybridized carbons (Fsp3) is 0.583. The number of hydrogen-bond acceptors (Lipinski definition) is 2. The normalized spacial score (nSPS) is 30.6. The van der Waals surface area contributed by atoms with Crippen LogP contribution in [0.1, 0.15) is 36.4 Å². The Hall–Kier alpha value is -0.890. The maximum absolute atomic E-state index is 4.25. The lowest BCUT2D eigenvalue weighted by molar-refractivity contribution is 0.254. The molecule has 2 heterocycles. The van der Waals surface area contributed by atoms with Gasteiger partial charge in [0, 0.05) is 18.4 Å². The number of aromatic nitrogens is 1. The smallest absolute Gasteiger partial charge is 0.0366 e. The number of hydrogen-bond donors (Lipinski definition) is 1. The van der Waals surface area contributed by atoms with Crippen molar-refractivity contribution in [3.05, 3.63) is 29.6 Å². The predicted molar refractivity (Wildman–Crippen MR) is 56.0 cm³/mol. The van der Waals surface area contributed by atoms with Crippen LogP contribution in [0.2, 0.25) is 0 Å². The maximum atomic E-state index is 4.25. The van der Waals surface area contributed by atoms with Crippen molar-refractivity contribution in [3.8, 4) is 0 Å². The van der Waals surface area contributed by atoms with E-state index in [-0.39, 0.29) is 0 Å². The van der Waals surface area contributed by atoms with Gasteiger partial charge in [-0.3, -0.25) is 4.98 Å². The molecule has 1 aromatic heterocycles.